The quantitative estimate of drug-likeness (QED) is 0.286. The highest BCUT2D eigenvalue weighted by Gasteiger charge is 2.57. The Morgan fingerprint density at radius 1 is 0.789 bits per heavy atom. The molecule has 11 heteroatoms. The summed E-state index contributed by atoms with van der Waals surface area (Å²) in [6.07, 6.45) is -5.20. The number of carbonyl (C=O) groups excluding carboxylic acids is 5. The molecule has 0 saturated carbocycles. The van der Waals surface area contributed by atoms with Crippen molar-refractivity contribution in [1.29, 1.82) is 0 Å². The lowest BCUT2D eigenvalue weighted by Crippen LogP contribution is -2.67. The third-order valence-electron chi connectivity index (χ3n) is 6.05. The number of hydrogen-bond acceptors (Lipinski definition) is 10. The summed E-state index contributed by atoms with van der Waals surface area (Å²) >= 11 is 0. The van der Waals surface area contributed by atoms with Gasteiger partial charge in [0.2, 0.25) is 0 Å². The van der Waals surface area contributed by atoms with Crippen LogP contribution in [0, 0.1) is 0 Å². The molecule has 0 radical (unpaired) electrons. The average molecular weight is 526 g/mol. The number of nitrogens with zero attached hydrogens (tertiary/aromatic N) is 1. The van der Waals surface area contributed by atoms with Crippen molar-refractivity contribution in [2.75, 3.05) is 6.61 Å². The number of imide groups is 1. The fraction of sp³-hybridized carbons (Fsp3) is 0.370. The van der Waals surface area contributed by atoms with E-state index in [1.807, 2.05) is 18.2 Å². The lowest BCUT2D eigenvalue weighted by atomic mass is 9.94. The van der Waals surface area contributed by atoms with Crippen LogP contribution in [0.1, 0.15) is 47.1 Å². The number of esters is 3. The van der Waals surface area contributed by atoms with Crippen LogP contribution < -0.4 is 0 Å². The fourth-order valence-corrected chi connectivity index (χ4v) is 4.53. The van der Waals surface area contributed by atoms with Crippen molar-refractivity contribution in [3.05, 3.63) is 71.3 Å². The molecular weight excluding hydrogens is 498 g/mol. The van der Waals surface area contributed by atoms with Gasteiger partial charge in [-0.25, -0.2) is 0 Å². The summed E-state index contributed by atoms with van der Waals surface area (Å²) in [5.74, 6) is -3.42. The maximum Gasteiger partial charge on any atom is 0.303 e. The molecule has 2 heterocycles. The number of carbonyl (C=O) groups is 5. The van der Waals surface area contributed by atoms with Gasteiger partial charge >= 0.3 is 17.9 Å². The first-order chi connectivity index (χ1) is 18.2. The van der Waals surface area contributed by atoms with Gasteiger partial charge in [0.05, 0.1) is 17.7 Å². The Kier molecular flexibility index (Phi) is 8.18. The molecule has 4 rings (SSSR count). The second-order valence-corrected chi connectivity index (χ2v) is 8.81. The molecule has 1 fully saturated rings. The van der Waals surface area contributed by atoms with E-state index in [9.17, 15) is 24.0 Å². The number of amides is 2. The molecular formula is C27H27NO10. The van der Waals surface area contributed by atoms with E-state index in [0.29, 0.717) is 0 Å². The van der Waals surface area contributed by atoms with Gasteiger partial charge in [-0.15, -0.1) is 0 Å². The molecule has 2 amide bonds. The predicted molar refractivity (Wildman–Crippen MR) is 128 cm³/mol. The van der Waals surface area contributed by atoms with Gasteiger partial charge in [-0.1, -0.05) is 42.5 Å². The summed E-state index contributed by atoms with van der Waals surface area (Å²) in [5, 5.41) is 0. The molecule has 200 valence electrons. The number of fused-ring (bicyclic) bond motifs is 1. The first-order valence-corrected chi connectivity index (χ1v) is 11.9. The van der Waals surface area contributed by atoms with Crippen LogP contribution in [-0.4, -0.2) is 71.9 Å². The standard InChI is InChI=1S/C27H27NO10/c1-15(29)34-14-21-23(36-16(2)30)24(37-17(3)31)22(27(38-21)35-13-18-9-5-4-6-10-18)28-25(32)19-11-7-8-12-20(19)26(28)33/h4-12,21-24,27H,13-14H2,1-3H3/t21-,22+,23-,24-,27+/m1/s1. The zero-order chi connectivity index (χ0) is 27.4. The van der Waals surface area contributed by atoms with Gasteiger partial charge in [-0.3, -0.25) is 28.9 Å². The third-order valence-corrected chi connectivity index (χ3v) is 6.05. The van der Waals surface area contributed by atoms with Gasteiger partial charge in [0, 0.05) is 20.8 Å². The molecule has 0 bridgehead atoms. The van der Waals surface area contributed by atoms with Crippen LogP contribution in [0.15, 0.2) is 54.6 Å². The minimum Gasteiger partial charge on any atom is -0.463 e. The molecule has 0 N–H and O–H groups in total. The van der Waals surface area contributed by atoms with Gasteiger partial charge in [-0.05, 0) is 17.7 Å². The molecule has 2 aliphatic heterocycles. The van der Waals surface area contributed by atoms with Crippen LogP contribution >= 0.6 is 0 Å². The van der Waals surface area contributed by atoms with Crippen molar-refractivity contribution >= 4 is 29.7 Å². The molecule has 2 aliphatic rings. The van der Waals surface area contributed by atoms with Crippen molar-refractivity contribution in [1.82, 2.24) is 4.90 Å². The number of benzene rings is 2. The second kappa shape index (κ2) is 11.5. The lowest BCUT2D eigenvalue weighted by molar-refractivity contribution is -0.288. The Bertz CT molecular complexity index is 1190. The van der Waals surface area contributed by atoms with Gasteiger partial charge in [0.1, 0.15) is 18.8 Å². The third kappa shape index (κ3) is 5.74. The minimum atomic E-state index is -1.39. The largest absolute Gasteiger partial charge is 0.463 e. The van der Waals surface area contributed by atoms with Crippen molar-refractivity contribution in [2.24, 2.45) is 0 Å². The van der Waals surface area contributed by atoms with E-state index in [4.69, 9.17) is 23.7 Å². The molecule has 2 aromatic rings. The molecule has 0 spiro atoms. The smallest absolute Gasteiger partial charge is 0.303 e. The van der Waals surface area contributed by atoms with E-state index < -0.39 is 60.4 Å². The van der Waals surface area contributed by atoms with Crippen LogP contribution in [0.5, 0.6) is 0 Å². The van der Waals surface area contributed by atoms with E-state index in [2.05, 4.69) is 0 Å². The number of ether oxygens (including phenoxy) is 5. The van der Waals surface area contributed by atoms with E-state index in [0.717, 1.165) is 24.3 Å². The highest BCUT2D eigenvalue weighted by molar-refractivity contribution is 6.21. The van der Waals surface area contributed by atoms with Crippen molar-refractivity contribution in [3.63, 3.8) is 0 Å². The van der Waals surface area contributed by atoms with Crippen molar-refractivity contribution in [3.8, 4) is 0 Å². The first kappa shape index (κ1) is 27.0. The lowest BCUT2D eigenvalue weighted by Gasteiger charge is -2.47. The summed E-state index contributed by atoms with van der Waals surface area (Å²) in [4.78, 5) is 63.7. The van der Waals surface area contributed by atoms with Gasteiger partial charge < -0.3 is 23.7 Å². The van der Waals surface area contributed by atoms with Gasteiger partial charge in [0.15, 0.2) is 18.5 Å². The average Bonchev–Trinajstić information content (AvgIpc) is 3.13. The van der Waals surface area contributed by atoms with Crippen LogP contribution in [0.4, 0.5) is 0 Å². The monoisotopic (exact) mass is 525 g/mol. The number of hydrogen-bond donors (Lipinski definition) is 0. The van der Waals surface area contributed by atoms with Crippen LogP contribution in [0.25, 0.3) is 0 Å². The topological polar surface area (TPSA) is 135 Å². The summed E-state index contributed by atoms with van der Waals surface area (Å²) < 4.78 is 28.3. The van der Waals surface area contributed by atoms with Crippen LogP contribution in [0.2, 0.25) is 0 Å². The maximum atomic E-state index is 13.5. The van der Waals surface area contributed by atoms with E-state index >= 15 is 0 Å². The first-order valence-electron chi connectivity index (χ1n) is 11.9. The van der Waals surface area contributed by atoms with Crippen LogP contribution in [-0.2, 0) is 44.7 Å². The van der Waals surface area contributed by atoms with E-state index in [1.54, 1.807) is 24.3 Å². The molecule has 5 atom stereocenters. The molecule has 38 heavy (non-hydrogen) atoms. The summed E-state index contributed by atoms with van der Waals surface area (Å²) in [6.45, 7) is 3.11. The minimum absolute atomic E-state index is 0.0104. The Morgan fingerprint density at radius 2 is 1.34 bits per heavy atom. The zero-order valence-corrected chi connectivity index (χ0v) is 21.0. The van der Waals surface area contributed by atoms with Crippen molar-refractivity contribution in [2.45, 2.75) is 58.0 Å². The summed E-state index contributed by atoms with van der Waals surface area (Å²) in [5.41, 5.74) is 1.08. The van der Waals surface area contributed by atoms with Gasteiger partial charge in [-0.2, -0.15) is 0 Å². The van der Waals surface area contributed by atoms with E-state index in [1.165, 1.54) is 19.1 Å². The highest BCUT2D eigenvalue weighted by atomic mass is 16.7. The Hall–Kier alpha value is -4.09. The highest BCUT2D eigenvalue weighted by Crippen LogP contribution is 2.35. The van der Waals surface area contributed by atoms with Crippen molar-refractivity contribution < 1.29 is 47.7 Å². The molecule has 0 aromatic heterocycles. The Balaban J connectivity index is 1.77. The summed E-state index contributed by atoms with van der Waals surface area (Å²) in [6, 6.07) is 14.0. The fourth-order valence-electron chi connectivity index (χ4n) is 4.53. The molecule has 0 unspecified atom stereocenters. The SMILES string of the molecule is CC(=O)OC[C@H]1O[C@H](OCc2ccccc2)[C@@H](N2C(=O)c3ccccc3C2=O)[C@@H](OC(C)=O)[C@@H]1OC(C)=O. The predicted octanol–water partition coefficient (Wildman–Crippen LogP) is 2.02. The summed E-state index contributed by atoms with van der Waals surface area (Å²) in [7, 11) is 0. The molecule has 0 aliphatic carbocycles. The van der Waals surface area contributed by atoms with Crippen LogP contribution in [0.3, 0.4) is 0 Å². The van der Waals surface area contributed by atoms with E-state index in [-0.39, 0.29) is 24.3 Å². The normalized spacial score (nSPS) is 24.5. The molecule has 2 aromatic carbocycles. The molecule has 11 nitrogen and oxygen atoms in total. The maximum absolute atomic E-state index is 13.5. The number of rotatable bonds is 8. The zero-order valence-electron chi connectivity index (χ0n) is 21.0. The molecule has 1 saturated heterocycles. The Labute approximate surface area is 218 Å². The van der Waals surface area contributed by atoms with Gasteiger partial charge in [0.25, 0.3) is 11.8 Å². The second-order valence-electron chi connectivity index (χ2n) is 8.81. The Morgan fingerprint density at radius 3 is 1.89 bits per heavy atom.